The van der Waals surface area contributed by atoms with Crippen molar-refractivity contribution in [3.8, 4) is 5.75 Å². The van der Waals surface area contributed by atoms with Gasteiger partial charge in [0.25, 0.3) is 0 Å². The number of benzene rings is 1. The molecule has 1 heterocycles. The molecule has 0 saturated heterocycles. The molecular formula is C19H23FO3. The summed E-state index contributed by atoms with van der Waals surface area (Å²) in [5.74, 6) is 0.0692. The van der Waals surface area contributed by atoms with Crippen LogP contribution in [-0.2, 0) is 6.42 Å². The predicted molar refractivity (Wildman–Crippen MR) is 90.6 cm³/mol. The summed E-state index contributed by atoms with van der Waals surface area (Å²) in [5, 5.41) is 0.530. The number of hydrogen-bond acceptors (Lipinski definition) is 3. The van der Waals surface area contributed by atoms with Crippen molar-refractivity contribution in [2.24, 2.45) is 0 Å². The molecule has 0 unspecified atom stereocenters. The van der Waals surface area contributed by atoms with Gasteiger partial charge in [0, 0.05) is 6.42 Å². The van der Waals surface area contributed by atoms with E-state index in [1.807, 2.05) is 19.9 Å². The minimum absolute atomic E-state index is 0.0312. The minimum Gasteiger partial charge on any atom is -0.491 e. The zero-order chi connectivity index (χ0) is 16.7. The second-order valence-corrected chi connectivity index (χ2v) is 5.51. The Morgan fingerprint density at radius 2 is 2.13 bits per heavy atom. The molecule has 0 saturated carbocycles. The molecule has 1 aromatic carbocycles. The lowest BCUT2D eigenvalue weighted by atomic mass is 10.1. The summed E-state index contributed by atoms with van der Waals surface area (Å²) in [6.07, 6.45) is 8.57. The number of halogens is 1. The molecule has 4 heteroatoms. The van der Waals surface area contributed by atoms with E-state index in [0.29, 0.717) is 24.2 Å². The molecule has 0 N–H and O–H groups in total. The lowest BCUT2D eigenvalue weighted by molar-refractivity contribution is 0.302. The maximum atomic E-state index is 14.4. The van der Waals surface area contributed by atoms with Gasteiger partial charge in [0.05, 0.1) is 6.61 Å². The molecule has 0 bridgehead atoms. The van der Waals surface area contributed by atoms with Crippen molar-refractivity contribution in [2.45, 2.75) is 46.0 Å². The van der Waals surface area contributed by atoms with E-state index in [1.165, 1.54) is 0 Å². The normalized spacial score (nSPS) is 11.4. The van der Waals surface area contributed by atoms with E-state index < -0.39 is 11.4 Å². The van der Waals surface area contributed by atoms with Crippen LogP contribution >= 0.6 is 0 Å². The number of aryl methyl sites for hydroxylation is 1. The van der Waals surface area contributed by atoms with Crippen molar-refractivity contribution >= 4 is 10.8 Å². The molecule has 2 aromatic rings. The molecule has 0 atom stereocenters. The second kappa shape index (κ2) is 8.51. The van der Waals surface area contributed by atoms with Gasteiger partial charge in [-0.15, -0.1) is 0 Å². The summed E-state index contributed by atoms with van der Waals surface area (Å²) in [7, 11) is 0. The first-order valence-corrected chi connectivity index (χ1v) is 8.16. The average Bonchev–Trinajstić information content (AvgIpc) is 2.54. The van der Waals surface area contributed by atoms with E-state index in [0.717, 1.165) is 25.7 Å². The van der Waals surface area contributed by atoms with Crippen LogP contribution in [0.1, 0.15) is 45.3 Å². The Morgan fingerprint density at radius 1 is 1.30 bits per heavy atom. The van der Waals surface area contributed by atoms with Gasteiger partial charge >= 0.3 is 5.63 Å². The smallest absolute Gasteiger partial charge is 0.346 e. The summed E-state index contributed by atoms with van der Waals surface area (Å²) in [6.45, 7) is 4.35. The van der Waals surface area contributed by atoms with Gasteiger partial charge < -0.3 is 9.15 Å². The largest absolute Gasteiger partial charge is 0.491 e. The lowest BCUT2D eigenvalue weighted by Gasteiger charge is -2.08. The fourth-order valence-electron chi connectivity index (χ4n) is 2.45. The SMILES string of the molecule is C/C=C/CCCCc1cc2ccc(OCCC)c(F)c2c(=O)o1. The number of rotatable bonds is 8. The number of ether oxygens (including phenoxy) is 1. The molecule has 0 fully saturated rings. The molecule has 0 aliphatic heterocycles. The van der Waals surface area contributed by atoms with Crippen LogP contribution in [0.5, 0.6) is 5.75 Å². The highest BCUT2D eigenvalue weighted by molar-refractivity contribution is 5.83. The molecule has 3 nitrogen and oxygen atoms in total. The van der Waals surface area contributed by atoms with Crippen molar-refractivity contribution < 1.29 is 13.5 Å². The van der Waals surface area contributed by atoms with Gasteiger partial charge in [0.2, 0.25) is 0 Å². The van der Waals surface area contributed by atoms with Crippen molar-refractivity contribution in [3.63, 3.8) is 0 Å². The summed E-state index contributed by atoms with van der Waals surface area (Å²) < 4.78 is 25.0. The Labute approximate surface area is 135 Å². The highest BCUT2D eigenvalue weighted by Crippen LogP contribution is 2.25. The molecule has 0 radical (unpaired) electrons. The first kappa shape index (κ1) is 17.3. The van der Waals surface area contributed by atoms with Crippen LogP contribution in [0.4, 0.5) is 4.39 Å². The molecule has 1 aromatic heterocycles. The van der Waals surface area contributed by atoms with Crippen molar-refractivity contribution in [1.29, 1.82) is 0 Å². The van der Waals surface area contributed by atoms with Gasteiger partial charge in [-0.3, -0.25) is 0 Å². The van der Waals surface area contributed by atoms with Crippen molar-refractivity contribution in [2.75, 3.05) is 6.61 Å². The first-order chi connectivity index (χ1) is 11.2. The van der Waals surface area contributed by atoms with E-state index in [9.17, 15) is 9.18 Å². The first-order valence-electron chi connectivity index (χ1n) is 8.16. The van der Waals surface area contributed by atoms with Crippen LogP contribution in [0.3, 0.4) is 0 Å². The van der Waals surface area contributed by atoms with E-state index in [4.69, 9.17) is 9.15 Å². The van der Waals surface area contributed by atoms with Crippen molar-refractivity contribution in [1.82, 2.24) is 0 Å². The fourth-order valence-corrected chi connectivity index (χ4v) is 2.45. The number of unbranched alkanes of at least 4 members (excludes halogenated alkanes) is 2. The Kier molecular flexibility index (Phi) is 6.39. The van der Waals surface area contributed by atoms with Crippen LogP contribution in [0.2, 0.25) is 0 Å². The summed E-state index contributed by atoms with van der Waals surface area (Å²) in [4.78, 5) is 12.1. The number of allylic oxidation sites excluding steroid dienone is 2. The van der Waals surface area contributed by atoms with Crippen molar-refractivity contribution in [3.05, 3.63) is 52.3 Å². The second-order valence-electron chi connectivity index (χ2n) is 5.51. The molecular weight excluding hydrogens is 295 g/mol. The average molecular weight is 318 g/mol. The van der Waals surface area contributed by atoms with E-state index in [2.05, 4.69) is 6.08 Å². The summed E-state index contributed by atoms with van der Waals surface area (Å²) in [5.41, 5.74) is -0.634. The van der Waals surface area contributed by atoms with Crippen LogP contribution in [-0.4, -0.2) is 6.61 Å². The Balaban J connectivity index is 2.20. The quantitative estimate of drug-likeness (QED) is 0.507. The molecule has 0 aliphatic carbocycles. The van der Waals surface area contributed by atoms with E-state index in [1.54, 1.807) is 18.2 Å². The van der Waals surface area contributed by atoms with Gasteiger partial charge in [-0.25, -0.2) is 9.18 Å². The third-order valence-corrected chi connectivity index (χ3v) is 3.62. The van der Waals surface area contributed by atoms with Gasteiger partial charge in [-0.2, -0.15) is 0 Å². The highest BCUT2D eigenvalue weighted by atomic mass is 19.1. The fraction of sp³-hybridized carbons (Fsp3) is 0.421. The van der Waals surface area contributed by atoms with Crippen LogP contribution < -0.4 is 10.4 Å². The maximum Gasteiger partial charge on any atom is 0.346 e. The predicted octanol–water partition coefficient (Wildman–Crippen LogP) is 5.01. The molecule has 124 valence electrons. The highest BCUT2D eigenvalue weighted by Gasteiger charge is 2.14. The standard InChI is InChI=1S/C19H23FO3/c1-3-5-6-7-8-9-15-13-14-10-11-16(22-12-4-2)18(20)17(14)19(21)23-15/h3,5,10-11,13H,4,6-9,12H2,1-2H3/b5-3+. The third-order valence-electron chi connectivity index (χ3n) is 3.62. The zero-order valence-corrected chi connectivity index (χ0v) is 13.7. The number of hydrogen-bond donors (Lipinski definition) is 0. The molecule has 0 amide bonds. The lowest BCUT2D eigenvalue weighted by Crippen LogP contribution is -2.06. The Morgan fingerprint density at radius 3 is 2.87 bits per heavy atom. The minimum atomic E-state index is -0.635. The Hall–Kier alpha value is -2.10. The van der Waals surface area contributed by atoms with Gasteiger partial charge in [0.15, 0.2) is 11.6 Å². The number of fused-ring (bicyclic) bond motifs is 1. The summed E-state index contributed by atoms with van der Waals surface area (Å²) in [6, 6.07) is 5.03. The maximum absolute atomic E-state index is 14.4. The van der Waals surface area contributed by atoms with E-state index in [-0.39, 0.29) is 11.1 Å². The van der Waals surface area contributed by atoms with E-state index >= 15 is 0 Å². The topological polar surface area (TPSA) is 39.4 Å². The molecule has 23 heavy (non-hydrogen) atoms. The van der Waals surface area contributed by atoms with Crippen LogP contribution in [0.25, 0.3) is 10.8 Å². The Bertz CT molecular complexity index is 731. The molecule has 2 rings (SSSR count). The van der Waals surface area contributed by atoms with Crippen LogP contribution in [0.15, 0.2) is 39.6 Å². The third kappa shape index (κ3) is 4.44. The van der Waals surface area contributed by atoms with Gasteiger partial charge in [0.1, 0.15) is 11.1 Å². The monoisotopic (exact) mass is 318 g/mol. The van der Waals surface area contributed by atoms with Gasteiger partial charge in [-0.05, 0) is 50.1 Å². The zero-order valence-electron chi connectivity index (χ0n) is 13.7. The molecule has 0 spiro atoms. The van der Waals surface area contributed by atoms with Crippen LogP contribution in [0, 0.1) is 5.82 Å². The molecule has 0 aliphatic rings. The summed E-state index contributed by atoms with van der Waals surface area (Å²) >= 11 is 0. The van der Waals surface area contributed by atoms with Gasteiger partial charge in [-0.1, -0.05) is 25.1 Å².